The molecule has 2 amide bonds. The van der Waals surface area contributed by atoms with Crippen LogP contribution in [0.5, 0.6) is 0 Å². The number of hydrogen-bond donors (Lipinski definition) is 2. The molecule has 3 aliphatic heterocycles. The lowest BCUT2D eigenvalue weighted by atomic mass is 9.62. The molecule has 11 nitrogen and oxygen atoms in total. The highest BCUT2D eigenvalue weighted by atomic mass is 16.8. The first-order chi connectivity index (χ1) is 16.8. The van der Waals surface area contributed by atoms with Crippen LogP contribution in [0.4, 0.5) is 0 Å². The van der Waals surface area contributed by atoms with Crippen LogP contribution in [-0.2, 0) is 40.0 Å². The number of carbonyl (C=O) groups is 3. The maximum atomic E-state index is 13.5. The Morgan fingerprint density at radius 1 is 1.29 bits per heavy atom. The summed E-state index contributed by atoms with van der Waals surface area (Å²) in [5, 5.41) is 13.5. The van der Waals surface area contributed by atoms with Crippen molar-refractivity contribution in [3.8, 4) is 0 Å². The van der Waals surface area contributed by atoms with Crippen LogP contribution in [0.15, 0.2) is 30.3 Å². The van der Waals surface area contributed by atoms with Crippen molar-refractivity contribution in [2.75, 3.05) is 34.0 Å². The van der Waals surface area contributed by atoms with Crippen molar-refractivity contribution in [2.45, 2.75) is 43.4 Å². The molecule has 5 rings (SSSR count). The minimum absolute atomic E-state index is 0.0301. The zero-order valence-electron chi connectivity index (χ0n) is 19.6. The summed E-state index contributed by atoms with van der Waals surface area (Å²) >= 11 is 0. The fourth-order valence-corrected chi connectivity index (χ4v) is 5.46. The number of fused-ring (bicyclic) bond motifs is 4. The van der Waals surface area contributed by atoms with E-state index in [0.717, 1.165) is 11.1 Å². The van der Waals surface area contributed by atoms with Gasteiger partial charge in [-0.2, -0.15) is 5.06 Å². The number of esters is 1. The lowest BCUT2D eigenvalue weighted by molar-refractivity contribution is -0.201. The summed E-state index contributed by atoms with van der Waals surface area (Å²) in [4.78, 5) is 46.3. The van der Waals surface area contributed by atoms with E-state index in [-0.39, 0.29) is 44.7 Å². The van der Waals surface area contributed by atoms with Gasteiger partial charge in [0.2, 0.25) is 11.8 Å². The van der Waals surface area contributed by atoms with Crippen molar-refractivity contribution < 1.29 is 38.5 Å². The fraction of sp³-hybridized carbons (Fsp3) is 0.542. The normalized spacial score (nSPS) is 33.5. The largest absolute Gasteiger partial charge is 0.458 e. The average molecular weight is 488 g/mol. The van der Waals surface area contributed by atoms with Crippen LogP contribution in [-0.4, -0.2) is 97.4 Å². The van der Waals surface area contributed by atoms with E-state index in [1.807, 2.05) is 24.3 Å². The molecule has 0 spiro atoms. The number of rotatable bonds is 7. The van der Waals surface area contributed by atoms with Gasteiger partial charge in [-0.15, -0.1) is 0 Å². The quantitative estimate of drug-likeness (QED) is 0.384. The van der Waals surface area contributed by atoms with Crippen molar-refractivity contribution in [2.24, 2.45) is 5.41 Å². The van der Waals surface area contributed by atoms with Crippen LogP contribution in [0.1, 0.15) is 17.5 Å². The summed E-state index contributed by atoms with van der Waals surface area (Å²) in [6, 6.07) is 6.50. The number of hydroxylamine groups is 2. The van der Waals surface area contributed by atoms with Crippen LogP contribution in [0, 0.1) is 5.41 Å². The lowest BCUT2D eigenvalue weighted by Crippen LogP contribution is -2.69. The average Bonchev–Trinajstić information content (AvgIpc) is 3.45. The number of ether oxygens (including phenoxy) is 3. The Morgan fingerprint density at radius 2 is 2.09 bits per heavy atom. The second kappa shape index (κ2) is 9.32. The van der Waals surface area contributed by atoms with Gasteiger partial charge < -0.3 is 29.5 Å². The van der Waals surface area contributed by atoms with Crippen molar-refractivity contribution in [1.29, 1.82) is 0 Å². The number of likely N-dealkylation sites (N-methyl/N-ethyl adjacent to an activating group) is 1. The van der Waals surface area contributed by atoms with E-state index in [2.05, 4.69) is 5.32 Å². The predicted octanol–water partition coefficient (Wildman–Crippen LogP) is -0.562. The molecule has 2 N–H and O–H groups in total. The number of aliphatic hydroxyl groups is 1. The lowest BCUT2D eigenvalue weighted by Gasteiger charge is -2.48. The van der Waals surface area contributed by atoms with E-state index < -0.39 is 41.8 Å². The summed E-state index contributed by atoms with van der Waals surface area (Å²) in [5.74, 6) is -1.06. The third kappa shape index (κ3) is 4.03. The first kappa shape index (κ1) is 23.9. The summed E-state index contributed by atoms with van der Waals surface area (Å²) < 4.78 is 17.2. The van der Waals surface area contributed by atoms with Crippen molar-refractivity contribution in [3.63, 3.8) is 0 Å². The van der Waals surface area contributed by atoms with Gasteiger partial charge in [0.1, 0.15) is 36.6 Å². The Hall–Kier alpha value is -2.83. The topological polar surface area (TPSA) is 127 Å². The Balaban J connectivity index is 1.45. The maximum absolute atomic E-state index is 13.5. The fourth-order valence-electron chi connectivity index (χ4n) is 5.46. The Morgan fingerprint density at radius 3 is 2.86 bits per heavy atom. The molecule has 11 heteroatoms. The van der Waals surface area contributed by atoms with Gasteiger partial charge in [-0.1, -0.05) is 24.3 Å². The van der Waals surface area contributed by atoms with Gasteiger partial charge in [0, 0.05) is 33.1 Å². The number of aliphatic hydroxyl groups excluding tert-OH is 1. The first-order valence-corrected chi connectivity index (χ1v) is 11.6. The molecule has 3 heterocycles. The van der Waals surface area contributed by atoms with Crippen LogP contribution < -0.4 is 5.32 Å². The molecule has 35 heavy (non-hydrogen) atoms. The molecule has 4 fully saturated rings. The molecule has 1 aliphatic carbocycles. The van der Waals surface area contributed by atoms with Crippen molar-refractivity contribution in [1.82, 2.24) is 15.3 Å². The molecular weight excluding hydrogens is 458 g/mol. The SMILES string of the molecule is CN(C)C(=O)C=Cc1cccc(CN2O[C@@H]3[C@H]4OCO[C@H]4[C@H]4C[C@]3(C(=O)NCCO)[C@@H]2C(=O)O4)c1. The number of nitrogens with one attached hydrogen (secondary N) is 1. The highest BCUT2D eigenvalue weighted by Gasteiger charge is 2.74. The van der Waals surface area contributed by atoms with Gasteiger partial charge in [0.05, 0.1) is 13.2 Å². The van der Waals surface area contributed by atoms with Crippen LogP contribution in [0.3, 0.4) is 0 Å². The van der Waals surface area contributed by atoms with Gasteiger partial charge in [-0.3, -0.25) is 19.2 Å². The van der Waals surface area contributed by atoms with E-state index in [4.69, 9.17) is 19.0 Å². The van der Waals surface area contributed by atoms with Gasteiger partial charge in [0.15, 0.2) is 6.04 Å². The molecule has 2 bridgehead atoms. The second-order valence-corrected chi connectivity index (χ2v) is 9.39. The number of nitrogens with zero attached hydrogens (tertiary/aromatic N) is 2. The molecule has 3 saturated heterocycles. The minimum atomic E-state index is -1.24. The van der Waals surface area contributed by atoms with E-state index in [9.17, 15) is 19.5 Å². The number of carbonyl (C=O) groups excluding carboxylic acids is 3. The Bertz CT molecular complexity index is 1050. The second-order valence-electron chi connectivity index (χ2n) is 9.39. The zero-order valence-corrected chi connectivity index (χ0v) is 19.6. The molecule has 188 valence electrons. The molecule has 1 aromatic carbocycles. The highest BCUT2D eigenvalue weighted by molar-refractivity contribution is 5.93. The third-order valence-corrected chi connectivity index (χ3v) is 7.04. The molecular formula is C24H29N3O8. The number of hydrogen-bond acceptors (Lipinski definition) is 9. The Kier molecular flexibility index (Phi) is 6.36. The standard InChI is InChI=1S/C24H29N3O8/c1-26(2)17(29)7-6-14-4-3-5-15(10-14)12-27-20-22(30)34-16-11-24(20,23(31)25-8-9-28)21(35-27)19-18(16)32-13-33-19/h3-7,10,16,18-21,28H,8-9,11-13H2,1-2H3,(H,25,31)/t16-,18+,19+,20+,21-,24+/m1/s1. The smallest absolute Gasteiger partial charge is 0.327 e. The molecule has 0 aromatic heterocycles. The maximum Gasteiger partial charge on any atom is 0.327 e. The number of amides is 2. The van der Waals surface area contributed by atoms with Crippen LogP contribution in [0.25, 0.3) is 6.08 Å². The summed E-state index contributed by atoms with van der Waals surface area (Å²) in [6.07, 6.45) is 0.996. The molecule has 1 aromatic rings. The first-order valence-electron chi connectivity index (χ1n) is 11.6. The van der Waals surface area contributed by atoms with Crippen LogP contribution >= 0.6 is 0 Å². The molecule has 1 saturated carbocycles. The molecule has 6 atom stereocenters. The van der Waals surface area contributed by atoms with Crippen LogP contribution in [0.2, 0.25) is 0 Å². The molecule has 0 unspecified atom stereocenters. The van der Waals surface area contributed by atoms with E-state index in [1.54, 1.807) is 20.2 Å². The van der Waals surface area contributed by atoms with Gasteiger partial charge >= 0.3 is 5.97 Å². The minimum Gasteiger partial charge on any atom is -0.458 e. The van der Waals surface area contributed by atoms with Crippen molar-refractivity contribution in [3.05, 3.63) is 41.5 Å². The zero-order chi connectivity index (χ0) is 24.7. The summed E-state index contributed by atoms with van der Waals surface area (Å²) in [7, 11) is 3.36. The number of benzene rings is 1. The van der Waals surface area contributed by atoms with Gasteiger partial charge in [-0.25, -0.2) is 0 Å². The van der Waals surface area contributed by atoms with E-state index in [1.165, 1.54) is 16.0 Å². The predicted molar refractivity (Wildman–Crippen MR) is 120 cm³/mol. The summed E-state index contributed by atoms with van der Waals surface area (Å²) in [5.41, 5.74) is 0.396. The van der Waals surface area contributed by atoms with Crippen molar-refractivity contribution >= 4 is 23.9 Å². The summed E-state index contributed by atoms with van der Waals surface area (Å²) in [6.45, 7) is 0.0724. The monoisotopic (exact) mass is 487 g/mol. The molecule has 4 aliphatic rings. The highest BCUT2D eigenvalue weighted by Crippen LogP contribution is 2.55. The van der Waals surface area contributed by atoms with E-state index in [0.29, 0.717) is 0 Å². The van der Waals surface area contributed by atoms with E-state index >= 15 is 0 Å². The van der Waals surface area contributed by atoms with Gasteiger partial charge in [-0.05, 0) is 17.2 Å². The third-order valence-electron chi connectivity index (χ3n) is 7.04. The molecule has 0 radical (unpaired) electrons. The Labute approximate surface area is 202 Å². The van der Waals surface area contributed by atoms with Gasteiger partial charge in [0.25, 0.3) is 0 Å².